The lowest BCUT2D eigenvalue weighted by atomic mass is 10.00. The highest BCUT2D eigenvalue weighted by molar-refractivity contribution is 5.73. The molecule has 0 aliphatic carbocycles. The zero-order chi connectivity index (χ0) is 17.9. The Bertz CT molecular complexity index is 750. The Morgan fingerprint density at radius 3 is 2.38 bits per heavy atom. The molecule has 0 spiro atoms. The number of phenolic OH excluding ortho intramolecular Hbond substituents is 3. The summed E-state index contributed by atoms with van der Waals surface area (Å²) in [7, 11) is 0. The predicted molar refractivity (Wildman–Crippen MR) is 90.7 cm³/mol. The Hall–Kier alpha value is -2.69. The summed E-state index contributed by atoms with van der Waals surface area (Å²) in [6.45, 7) is 5.67. The first kappa shape index (κ1) is 17.7. The summed E-state index contributed by atoms with van der Waals surface area (Å²) in [6.07, 6.45) is 0.530. The van der Waals surface area contributed by atoms with Crippen LogP contribution in [0.2, 0.25) is 0 Å². The van der Waals surface area contributed by atoms with Crippen LogP contribution in [0.5, 0.6) is 23.0 Å². The van der Waals surface area contributed by atoms with Crippen molar-refractivity contribution in [1.82, 2.24) is 0 Å². The van der Waals surface area contributed by atoms with Gasteiger partial charge in [-0.3, -0.25) is 4.79 Å². The molecule has 0 heterocycles. The minimum absolute atomic E-state index is 0.114. The lowest BCUT2D eigenvalue weighted by Crippen LogP contribution is -2.10. The first-order valence-electron chi connectivity index (χ1n) is 7.83. The second-order valence-corrected chi connectivity index (χ2v) is 6.13. The third-order valence-corrected chi connectivity index (χ3v) is 3.83. The summed E-state index contributed by atoms with van der Waals surface area (Å²) < 4.78 is 5.40. The molecule has 0 aromatic heterocycles. The van der Waals surface area contributed by atoms with E-state index in [1.807, 2.05) is 13.8 Å². The number of hydrogen-bond donors (Lipinski definition) is 3. The highest BCUT2D eigenvalue weighted by atomic mass is 16.5. The number of benzene rings is 2. The normalized spacial score (nSPS) is 10.8. The molecule has 0 aliphatic rings. The van der Waals surface area contributed by atoms with E-state index < -0.39 is 5.97 Å². The molecule has 0 aliphatic heterocycles. The van der Waals surface area contributed by atoms with Crippen LogP contribution in [-0.2, 0) is 11.2 Å². The Balaban J connectivity index is 2.04. The zero-order valence-corrected chi connectivity index (χ0v) is 14.0. The number of carbonyl (C=O) groups excluding carboxylic acids is 1. The minimum Gasteiger partial charge on any atom is -0.508 e. The molecule has 0 bridgehead atoms. The number of aromatic hydroxyl groups is 3. The van der Waals surface area contributed by atoms with Crippen molar-refractivity contribution < 1.29 is 24.9 Å². The van der Waals surface area contributed by atoms with Gasteiger partial charge in [0.15, 0.2) is 11.5 Å². The molecule has 0 saturated carbocycles. The Labute approximate surface area is 141 Å². The summed E-state index contributed by atoms with van der Waals surface area (Å²) >= 11 is 0. The molecule has 0 saturated heterocycles. The van der Waals surface area contributed by atoms with E-state index in [0.29, 0.717) is 17.7 Å². The van der Waals surface area contributed by atoms with Gasteiger partial charge in [0.2, 0.25) is 0 Å². The average molecular weight is 330 g/mol. The van der Waals surface area contributed by atoms with Crippen molar-refractivity contribution in [1.29, 1.82) is 0 Å². The molecule has 0 fully saturated rings. The smallest absolute Gasteiger partial charge is 0.311 e. The van der Waals surface area contributed by atoms with Crippen molar-refractivity contribution in [3.8, 4) is 23.0 Å². The maximum Gasteiger partial charge on any atom is 0.311 e. The summed E-state index contributed by atoms with van der Waals surface area (Å²) in [5.41, 5.74) is 2.15. The number of carbonyl (C=O) groups is 1. The third-order valence-electron chi connectivity index (χ3n) is 3.83. The van der Waals surface area contributed by atoms with Gasteiger partial charge < -0.3 is 20.1 Å². The van der Waals surface area contributed by atoms with Crippen LogP contribution < -0.4 is 4.74 Å². The molecule has 2 rings (SSSR count). The van der Waals surface area contributed by atoms with Crippen LogP contribution in [0.15, 0.2) is 30.3 Å². The number of ether oxygens (including phenoxy) is 1. The highest BCUT2D eigenvalue weighted by Crippen LogP contribution is 2.32. The fraction of sp³-hybridized carbons (Fsp3) is 0.316. The van der Waals surface area contributed by atoms with Gasteiger partial charge in [-0.2, -0.15) is 0 Å². The van der Waals surface area contributed by atoms with E-state index in [4.69, 9.17) is 4.74 Å². The molecular formula is C19H22O5. The van der Waals surface area contributed by atoms with Gasteiger partial charge >= 0.3 is 5.97 Å². The fourth-order valence-electron chi connectivity index (χ4n) is 2.41. The van der Waals surface area contributed by atoms with Gasteiger partial charge in [0.25, 0.3) is 0 Å². The molecule has 0 radical (unpaired) electrons. The summed E-state index contributed by atoms with van der Waals surface area (Å²) in [5, 5.41) is 28.7. The highest BCUT2D eigenvalue weighted by Gasteiger charge is 2.14. The summed E-state index contributed by atoms with van der Waals surface area (Å²) in [6, 6.07) is 7.74. The predicted octanol–water partition coefficient (Wildman–Crippen LogP) is 3.77. The number of hydrogen-bond acceptors (Lipinski definition) is 5. The minimum atomic E-state index is -0.397. The molecule has 5 heteroatoms. The zero-order valence-electron chi connectivity index (χ0n) is 14.0. The SMILES string of the molecule is Cc1cc(O)c(C(C)C)cc1OC(=O)CCc1ccc(O)c(O)c1. The molecule has 5 nitrogen and oxygen atoms in total. The first-order valence-corrected chi connectivity index (χ1v) is 7.83. The Morgan fingerprint density at radius 2 is 1.75 bits per heavy atom. The van der Waals surface area contributed by atoms with Gasteiger partial charge in [-0.15, -0.1) is 0 Å². The van der Waals surface area contributed by atoms with E-state index in [1.165, 1.54) is 12.1 Å². The largest absolute Gasteiger partial charge is 0.508 e. The average Bonchev–Trinajstić information content (AvgIpc) is 2.50. The van der Waals surface area contributed by atoms with Gasteiger partial charge in [-0.25, -0.2) is 0 Å². The van der Waals surface area contributed by atoms with E-state index in [9.17, 15) is 20.1 Å². The first-order chi connectivity index (χ1) is 11.3. The molecule has 2 aromatic rings. The lowest BCUT2D eigenvalue weighted by molar-refractivity contribution is -0.134. The number of aryl methyl sites for hydroxylation is 2. The van der Waals surface area contributed by atoms with Crippen molar-refractivity contribution in [3.63, 3.8) is 0 Å². The molecule has 0 unspecified atom stereocenters. The third kappa shape index (κ3) is 4.19. The monoisotopic (exact) mass is 330 g/mol. The van der Waals surface area contributed by atoms with Crippen molar-refractivity contribution in [2.24, 2.45) is 0 Å². The molecule has 0 atom stereocenters. The second kappa shape index (κ2) is 7.25. The molecule has 0 amide bonds. The van der Waals surface area contributed by atoms with E-state index in [2.05, 4.69) is 0 Å². The van der Waals surface area contributed by atoms with Crippen LogP contribution in [0.1, 0.15) is 42.9 Å². The van der Waals surface area contributed by atoms with Crippen LogP contribution in [-0.4, -0.2) is 21.3 Å². The van der Waals surface area contributed by atoms with Crippen molar-refractivity contribution >= 4 is 5.97 Å². The van der Waals surface area contributed by atoms with Crippen molar-refractivity contribution in [2.75, 3.05) is 0 Å². The van der Waals surface area contributed by atoms with Crippen molar-refractivity contribution in [3.05, 3.63) is 47.0 Å². The second-order valence-electron chi connectivity index (χ2n) is 6.13. The van der Waals surface area contributed by atoms with Crippen LogP contribution in [0.25, 0.3) is 0 Å². The van der Waals surface area contributed by atoms with Crippen LogP contribution in [0, 0.1) is 6.92 Å². The molecule has 24 heavy (non-hydrogen) atoms. The maximum absolute atomic E-state index is 12.1. The number of phenols is 3. The molecule has 3 N–H and O–H groups in total. The number of rotatable bonds is 5. The molecular weight excluding hydrogens is 308 g/mol. The molecule has 2 aromatic carbocycles. The van der Waals surface area contributed by atoms with E-state index >= 15 is 0 Å². The van der Waals surface area contributed by atoms with Crippen molar-refractivity contribution in [2.45, 2.75) is 39.5 Å². The van der Waals surface area contributed by atoms with Gasteiger partial charge in [0, 0.05) is 12.0 Å². The Morgan fingerprint density at radius 1 is 1.04 bits per heavy atom. The summed E-state index contributed by atoms with van der Waals surface area (Å²) in [5.74, 6) is -0.0508. The van der Waals surface area contributed by atoms with E-state index in [1.54, 1.807) is 25.1 Å². The van der Waals surface area contributed by atoms with E-state index in [-0.39, 0.29) is 29.6 Å². The van der Waals surface area contributed by atoms with E-state index in [0.717, 1.165) is 11.1 Å². The quantitative estimate of drug-likeness (QED) is 0.441. The lowest BCUT2D eigenvalue weighted by Gasteiger charge is -2.13. The standard InChI is InChI=1S/C19H22O5/c1-11(2)14-10-18(12(3)8-16(14)21)24-19(23)7-5-13-4-6-15(20)17(22)9-13/h4,6,8-11,20-22H,5,7H2,1-3H3. The Kier molecular flexibility index (Phi) is 5.34. The topological polar surface area (TPSA) is 87.0 Å². The van der Waals surface area contributed by atoms with Crippen LogP contribution in [0.4, 0.5) is 0 Å². The van der Waals surface area contributed by atoms with Gasteiger partial charge in [0.05, 0.1) is 0 Å². The fourth-order valence-corrected chi connectivity index (χ4v) is 2.41. The van der Waals surface area contributed by atoms with Gasteiger partial charge in [0.1, 0.15) is 11.5 Å². The number of esters is 1. The van der Waals surface area contributed by atoms with Gasteiger partial charge in [-0.05, 0) is 54.7 Å². The van der Waals surface area contributed by atoms with Gasteiger partial charge in [-0.1, -0.05) is 19.9 Å². The van der Waals surface area contributed by atoms with Crippen LogP contribution in [0.3, 0.4) is 0 Å². The van der Waals surface area contributed by atoms with Crippen LogP contribution >= 0.6 is 0 Å². The maximum atomic E-state index is 12.1. The summed E-state index contributed by atoms with van der Waals surface area (Å²) in [4.78, 5) is 12.1. The molecule has 128 valence electrons.